The van der Waals surface area contributed by atoms with Gasteiger partial charge >= 0.3 is 0 Å². The minimum Gasteiger partial charge on any atom is -0.497 e. The summed E-state index contributed by atoms with van der Waals surface area (Å²) in [5.74, 6) is 0.333. The van der Waals surface area contributed by atoms with Crippen molar-refractivity contribution in [3.63, 3.8) is 0 Å². The van der Waals surface area contributed by atoms with Gasteiger partial charge in [-0.15, -0.1) is 0 Å². The number of ether oxygens (including phenoxy) is 1. The standard InChI is InChI=1S/C8H9BFO/c1-9-8-6(10)4-3-5-7(8)11-2/h3-5H,1-2H3. The monoisotopic (exact) mass is 151 g/mol. The van der Waals surface area contributed by atoms with Crippen LogP contribution in [-0.2, 0) is 0 Å². The Bertz CT molecular complexity index is 250. The molecule has 0 fully saturated rings. The first-order valence-corrected chi connectivity index (χ1v) is 3.41. The fraction of sp³-hybridized carbons (Fsp3) is 0.250. The predicted octanol–water partition coefficient (Wildman–Crippen LogP) is 1.21. The summed E-state index contributed by atoms with van der Waals surface area (Å²) in [5.41, 5.74) is 0.523. The minimum atomic E-state index is -0.244. The molecule has 3 heteroatoms. The highest BCUT2D eigenvalue weighted by Gasteiger charge is 2.05. The van der Waals surface area contributed by atoms with Gasteiger partial charge < -0.3 is 4.74 Å². The Kier molecular flexibility index (Phi) is 2.52. The Hall–Kier alpha value is -0.985. The first kappa shape index (κ1) is 8.11. The number of halogens is 1. The summed E-state index contributed by atoms with van der Waals surface area (Å²) in [6, 6.07) is 4.78. The van der Waals surface area contributed by atoms with E-state index in [2.05, 4.69) is 0 Å². The molecule has 0 amide bonds. The van der Waals surface area contributed by atoms with E-state index in [1.807, 2.05) is 0 Å². The van der Waals surface area contributed by atoms with E-state index in [-0.39, 0.29) is 5.82 Å². The van der Waals surface area contributed by atoms with Crippen molar-refractivity contribution in [2.24, 2.45) is 0 Å². The third-order valence-corrected chi connectivity index (χ3v) is 1.52. The zero-order valence-corrected chi connectivity index (χ0v) is 6.60. The molecule has 0 saturated heterocycles. The molecule has 0 atom stereocenters. The summed E-state index contributed by atoms with van der Waals surface area (Å²) >= 11 is 0. The Labute approximate surface area is 66.4 Å². The van der Waals surface area contributed by atoms with Gasteiger partial charge in [0.05, 0.1) is 7.11 Å². The van der Waals surface area contributed by atoms with Crippen LogP contribution in [0.5, 0.6) is 5.75 Å². The van der Waals surface area contributed by atoms with Crippen LogP contribution in [0.1, 0.15) is 0 Å². The van der Waals surface area contributed by atoms with E-state index in [0.717, 1.165) is 0 Å². The topological polar surface area (TPSA) is 9.23 Å². The second-order valence-electron chi connectivity index (χ2n) is 2.14. The molecule has 0 saturated carbocycles. The molecule has 0 N–H and O–H groups in total. The van der Waals surface area contributed by atoms with Gasteiger partial charge in [0.2, 0.25) is 0 Å². The van der Waals surface area contributed by atoms with Crippen LogP contribution in [-0.4, -0.2) is 14.4 Å². The Morgan fingerprint density at radius 2 is 2.18 bits per heavy atom. The number of benzene rings is 1. The molecule has 0 aromatic heterocycles. The van der Waals surface area contributed by atoms with E-state index in [1.165, 1.54) is 13.2 Å². The van der Waals surface area contributed by atoms with E-state index in [1.54, 1.807) is 26.2 Å². The molecular formula is C8H9BFO. The average Bonchev–Trinajstić information content (AvgIpc) is 2.04. The fourth-order valence-corrected chi connectivity index (χ4v) is 0.975. The first-order chi connectivity index (χ1) is 5.29. The summed E-state index contributed by atoms with van der Waals surface area (Å²) in [5, 5.41) is 0. The van der Waals surface area contributed by atoms with Crippen LogP contribution in [0.2, 0.25) is 6.82 Å². The van der Waals surface area contributed by atoms with Crippen molar-refractivity contribution >= 4 is 12.7 Å². The molecule has 1 rings (SSSR count). The summed E-state index contributed by atoms with van der Waals surface area (Å²) in [6.07, 6.45) is 0. The Morgan fingerprint density at radius 3 is 2.64 bits per heavy atom. The summed E-state index contributed by atoms with van der Waals surface area (Å²) in [7, 11) is 3.22. The normalized spacial score (nSPS) is 9.36. The molecule has 1 aromatic carbocycles. The van der Waals surface area contributed by atoms with Gasteiger partial charge in [-0.25, -0.2) is 4.39 Å². The summed E-state index contributed by atoms with van der Waals surface area (Å²) in [4.78, 5) is 0. The largest absolute Gasteiger partial charge is 0.497 e. The molecule has 0 aliphatic heterocycles. The van der Waals surface area contributed by atoms with E-state index < -0.39 is 0 Å². The summed E-state index contributed by atoms with van der Waals surface area (Å²) in [6.45, 7) is 1.78. The number of hydrogen-bond acceptors (Lipinski definition) is 1. The van der Waals surface area contributed by atoms with Crippen LogP contribution in [0.3, 0.4) is 0 Å². The lowest BCUT2D eigenvalue weighted by molar-refractivity contribution is 0.415. The van der Waals surface area contributed by atoms with Crippen molar-refractivity contribution < 1.29 is 9.13 Å². The molecule has 0 unspecified atom stereocenters. The third-order valence-electron chi connectivity index (χ3n) is 1.52. The van der Waals surface area contributed by atoms with E-state index in [9.17, 15) is 4.39 Å². The zero-order valence-electron chi connectivity index (χ0n) is 6.60. The van der Waals surface area contributed by atoms with Gasteiger partial charge in [-0.2, -0.15) is 0 Å². The highest BCUT2D eigenvalue weighted by molar-refractivity contribution is 6.53. The highest BCUT2D eigenvalue weighted by atomic mass is 19.1. The van der Waals surface area contributed by atoms with Crippen molar-refractivity contribution in [2.75, 3.05) is 7.11 Å². The van der Waals surface area contributed by atoms with E-state index in [0.29, 0.717) is 11.2 Å². The van der Waals surface area contributed by atoms with Crippen molar-refractivity contribution in [1.82, 2.24) is 0 Å². The molecule has 1 radical (unpaired) electrons. The Morgan fingerprint density at radius 1 is 1.45 bits per heavy atom. The van der Waals surface area contributed by atoms with Crippen LogP contribution >= 0.6 is 0 Å². The smallest absolute Gasteiger partial charge is 0.157 e. The lowest BCUT2D eigenvalue weighted by Gasteiger charge is -2.05. The number of rotatable bonds is 2. The van der Waals surface area contributed by atoms with Crippen LogP contribution in [0.25, 0.3) is 0 Å². The van der Waals surface area contributed by atoms with Gasteiger partial charge in [0.25, 0.3) is 0 Å². The predicted molar refractivity (Wildman–Crippen MR) is 44.2 cm³/mol. The molecule has 1 aromatic rings. The van der Waals surface area contributed by atoms with Gasteiger partial charge in [0.15, 0.2) is 7.28 Å². The quantitative estimate of drug-likeness (QED) is 0.577. The second-order valence-corrected chi connectivity index (χ2v) is 2.14. The SMILES string of the molecule is C[B]c1c(F)cccc1OC. The number of hydrogen-bond donors (Lipinski definition) is 0. The second kappa shape index (κ2) is 3.42. The Balaban J connectivity index is 3.13. The maximum Gasteiger partial charge on any atom is 0.157 e. The number of methoxy groups -OCH3 is 1. The molecule has 0 aliphatic carbocycles. The van der Waals surface area contributed by atoms with Crippen LogP contribution in [0.4, 0.5) is 4.39 Å². The van der Waals surface area contributed by atoms with E-state index >= 15 is 0 Å². The maximum atomic E-state index is 12.9. The van der Waals surface area contributed by atoms with Crippen LogP contribution in [0, 0.1) is 5.82 Å². The van der Waals surface area contributed by atoms with Gasteiger partial charge in [-0.1, -0.05) is 12.9 Å². The molecular weight excluding hydrogens is 142 g/mol. The molecule has 0 aliphatic rings. The van der Waals surface area contributed by atoms with Gasteiger partial charge in [-0.05, 0) is 17.6 Å². The molecule has 0 bridgehead atoms. The lowest BCUT2D eigenvalue weighted by atomic mass is 9.72. The third kappa shape index (κ3) is 1.53. The average molecular weight is 151 g/mol. The molecule has 0 heterocycles. The molecule has 11 heavy (non-hydrogen) atoms. The van der Waals surface area contributed by atoms with Crippen LogP contribution < -0.4 is 10.2 Å². The molecule has 0 spiro atoms. The zero-order chi connectivity index (χ0) is 8.27. The molecule has 57 valence electrons. The first-order valence-electron chi connectivity index (χ1n) is 3.41. The van der Waals surface area contributed by atoms with E-state index in [4.69, 9.17) is 4.74 Å². The van der Waals surface area contributed by atoms with Crippen LogP contribution in [0.15, 0.2) is 18.2 Å². The van der Waals surface area contributed by atoms with Crippen molar-refractivity contribution in [3.8, 4) is 5.75 Å². The van der Waals surface area contributed by atoms with Gasteiger partial charge in [0, 0.05) is 0 Å². The lowest BCUT2D eigenvalue weighted by Crippen LogP contribution is -2.17. The van der Waals surface area contributed by atoms with Crippen molar-refractivity contribution in [3.05, 3.63) is 24.0 Å². The fourth-order valence-electron chi connectivity index (χ4n) is 0.975. The maximum absolute atomic E-state index is 12.9. The minimum absolute atomic E-state index is 0.244. The van der Waals surface area contributed by atoms with Gasteiger partial charge in [0.1, 0.15) is 11.6 Å². The van der Waals surface area contributed by atoms with Gasteiger partial charge in [-0.3, -0.25) is 0 Å². The highest BCUT2D eigenvalue weighted by Crippen LogP contribution is 2.07. The van der Waals surface area contributed by atoms with Crippen molar-refractivity contribution in [2.45, 2.75) is 6.82 Å². The summed E-state index contributed by atoms with van der Waals surface area (Å²) < 4.78 is 17.9. The van der Waals surface area contributed by atoms with Crippen molar-refractivity contribution in [1.29, 1.82) is 0 Å². The molecule has 1 nitrogen and oxygen atoms in total.